The van der Waals surface area contributed by atoms with Gasteiger partial charge in [0.2, 0.25) is 0 Å². The third-order valence-corrected chi connectivity index (χ3v) is 5.67. The maximum absolute atomic E-state index is 12.9. The number of benzene rings is 2. The van der Waals surface area contributed by atoms with Gasteiger partial charge in [0.25, 0.3) is 5.91 Å². The van der Waals surface area contributed by atoms with Gasteiger partial charge in [-0.3, -0.25) is 14.4 Å². The van der Waals surface area contributed by atoms with Crippen molar-refractivity contribution < 1.29 is 32.3 Å². The fourth-order valence-corrected chi connectivity index (χ4v) is 3.76. The number of nitrogens with zero attached hydrogens (tertiary/aromatic N) is 1. The summed E-state index contributed by atoms with van der Waals surface area (Å²) in [4.78, 5) is 35.8. The monoisotopic (exact) mass is 524 g/mol. The molecular formula is C24H24ClF3N4O4. The lowest BCUT2D eigenvalue weighted by Crippen LogP contribution is -2.38. The van der Waals surface area contributed by atoms with Crippen LogP contribution >= 0.6 is 11.6 Å². The first-order valence-corrected chi connectivity index (χ1v) is 11.5. The molecule has 0 aromatic heterocycles. The summed E-state index contributed by atoms with van der Waals surface area (Å²) >= 11 is 5.53. The molecule has 0 bridgehead atoms. The molecular weight excluding hydrogens is 501 g/mol. The van der Waals surface area contributed by atoms with Crippen LogP contribution in [-0.2, 0) is 20.6 Å². The lowest BCUT2D eigenvalue weighted by atomic mass is 9.95. The van der Waals surface area contributed by atoms with E-state index in [2.05, 4.69) is 15.7 Å². The van der Waals surface area contributed by atoms with Crippen LogP contribution in [0.5, 0.6) is 5.75 Å². The summed E-state index contributed by atoms with van der Waals surface area (Å²) in [6, 6.07) is 9.40. The van der Waals surface area contributed by atoms with E-state index in [0.717, 1.165) is 37.8 Å². The molecule has 192 valence electrons. The molecule has 0 saturated heterocycles. The molecule has 2 aromatic rings. The van der Waals surface area contributed by atoms with Gasteiger partial charge in [0, 0.05) is 11.7 Å². The highest BCUT2D eigenvalue weighted by atomic mass is 35.5. The quantitative estimate of drug-likeness (QED) is 0.285. The van der Waals surface area contributed by atoms with Crippen molar-refractivity contribution in [3.05, 3.63) is 58.6 Å². The number of rotatable bonds is 7. The molecule has 3 N–H and O–H groups in total. The molecule has 8 nitrogen and oxygen atoms in total. The van der Waals surface area contributed by atoms with Crippen LogP contribution in [0.3, 0.4) is 0 Å². The van der Waals surface area contributed by atoms with E-state index in [1.807, 2.05) is 5.43 Å². The zero-order valence-corrected chi connectivity index (χ0v) is 19.8. The Morgan fingerprint density at radius 2 is 1.72 bits per heavy atom. The third kappa shape index (κ3) is 8.26. The number of ether oxygens (including phenoxy) is 1. The first-order chi connectivity index (χ1) is 17.1. The van der Waals surface area contributed by atoms with Gasteiger partial charge in [-0.05, 0) is 60.9 Å². The van der Waals surface area contributed by atoms with Crippen LogP contribution in [0.15, 0.2) is 47.6 Å². The summed E-state index contributed by atoms with van der Waals surface area (Å²) in [7, 11) is 0. The van der Waals surface area contributed by atoms with Crippen LogP contribution in [0.2, 0.25) is 5.02 Å². The normalized spacial score (nSPS) is 14.3. The maximum atomic E-state index is 12.9. The van der Waals surface area contributed by atoms with Crippen molar-refractivity contribution in [1.82, 2.24) is 10.7 Å². The summed E-state index contributed by atoms with van der Waals surface area (Å²) in [6.07, 6.45) is 1.94. The van der Waals surface area contributed by atoms with Crippen molar-refractivity contribution in [2.45, 2.75) is 44.3 Å². The molecule has 0 aliphatic heterocycles. The summed E-state index contributed by atoms with van der Waals surface area (Å²) in [5, 5.41) is 8.13. The number of anilines is 1. The fraction of sp³-hybridized carbons (Fsp3) is 0.333. The molecule has 1 aliphatic carbocycles. The van der Waals surface area contributed by atoms with E-state index in [0.29, 0.717) is 17.4 Å². The Morgan fingerprint density at radius 1 is 1.03 bits per heavy atom. The standard InChI is InChI=1S/C24H24ClF3N4O4/c25-20-11-8-17(12-19(20)24(26,27)28)31-22(34)23(35)32-29-13-15-6-9-18(10-7-15)36-14-21(33)30-16-4-2-1-3-5-16/h6-13,16H,1-5,14H2,(H,30,33)(H,31,34)(H,32,35). The number of amides is 3. The van der Waals surface area contributed by atoms with Gasteiger partial charge < -0.3 is 15.4 Å². The zero-order valence-electron chi connectivity index (χ0n) is 19.0. The second-order valence-corrected chi connectivity index (χ2v) is 8.51. The minimum Gasteiger partial charge on any atom is -0.484 e. The van der Waals surface area contributed by atoms with Crippen molar-refractivity contribution >= 4 is 41.2 Å². The molecule has 1 aliphatic rings. The topological polar surface area (TPSA) is 109 Å². The molecule has 0 atom stereocenters. The van der Waals surface area contributed by atoms with E-state index < -0.39 is 28.6 Å². The predicted molar refractivity (Wildman–Crippen MR) is 128 cm³/mol. The number of carbonyl (C=O) groups is 3. The average molecular weight is 525 g/mol. The van der Waals surface area contributed by atoms with Gasteiger partial charge in [0.1, 0.15) is 5.75 Å². The van der Waals surface area contributed by atoms with Gasteiger partial charge >= 0.3 is 18.0 Å². The molecule has 12 heteroatoms. The Hall–Kier alpha value is -3.60. The van der Waals surface area contributed by atoms with Crippen LogP contribution in [0.1, 0.15) is 43.2 Å². The van der Waals surface area contributed by atoms with Gasteiger partial charge in [-0.15, -0.1) is 0 Å². The smallest absolute Gasteiger partial charge is 0.417 e. The molecule has 0 spiro atoms. The van der Waals surface area contributed by atoms with E-state index in [-0.39, 0.29) is 24.2 Å². The van der Waals surface area contributed by atoms with Crippen LogP contribution in [-0.4, -0.2) is 36.6 Å². The van der Waals surface area contributed by atoms with Gasteiger partial charge in [-0.2, -0.15) is 18.3 Å². The predicted octanol–water partition coefficient (Wildman–Crippen LogP) is 4.28. The summed E-state index contributed by atoms with van der Waals surface area (Å²) in [6.45, 7) is -0.104. The SMILES string of the molecule is O=C(COc1ccc(C=NNC(=O)C(=O)Nc2ccc(Cl)c(C(F)(F)F)c2)cc1)NC1CCCCC1. The van der Waals surface area contributed by atoms with Crippen molar-refractivity contribution in [3.63, 3.8) is 0 Å². The van der Waals surface area contributed by atoms with E-state index >= 15 is 0 Å². The lowest BCUT2D eigenvalue weighted by Gasteiger charge is -2.22. The number of halogens is 4. The van der Waals surface area contributed by atoms with Crippen molar-refractivity contribution in [2.75, 3.05) is 11.9 Å². The summed E-state index contributed by atoms with van der Waals surface area (Å²) in [5.41, 5.74) is 1.15. The molecule has 1 saturated carbocycles. The van der Waals surface area contributed by atoms with E-state index in [9.17, 15) is 27.6 Å². The van der Waals surface area contributed by atoms with Crippen molar-refractivity contribution in [1.29, 1.82) is 0 Å². The zero-order chi connectivity index (χ0) is 26.1. The van der Waals surface area contributed by atoms with Crippen molar-refractivity contribution in [2.24, 2.45) is 5.10 Å². The Balaban J connectivity index is 1.44. The van der Waals surface area contributed by atoms with Crippen LogP contribution in [0.25, 0.3) is 0 Å². The molecule has 2 aromatic carbocycles. The number of hydrogen-bond donors (Lipinski definition) is 3. The minimum absolute atomic E-state index is 0.104. The average Bonchev–Trinajstić information content (AvgIpc) is 2.84. The largest absolute Gasteiger partial charge is 0.484 e. The van der Waals surface area contributed by atoms with E-state index in [1.54, 1.807) is 24.3 Å². The van der Waals surface area contributed by atoms with Crippen molar-refractivity contribution in [3.8, 4) is 5.75 Å². The Kier molecular flexibility index (Phi) is 9.29. The molecule has 0 unspecified atom stereocenters. The Bertz CT molecular complexity index is 1120. The van der Waals surface area contributed by atoms with E-state index in [4.69, 9.17) is 16.3 Å². The highest BCUT2D eigenvalue weighted by Gasteiger charge is 2.33. The molecule has 36 heavy (non-hydrogen) atoms. The van der Waals surface area contributed by atoms with Crippen LogP contribution in [0.4, 0.5) is 18.9 Å². The van der Waals surface area contributed by atoms with E-state index in [1.165, 1.54) is 12.6 Å². The van der Waals surface area contributed by atoms with Crippen LogP contribution in [0, 0.1) is 0 Å². The third-order valence-electron chi connectivity index (χ3n) is 5.34. The number of carbonyl (C=O) groups excluding carboxylic acids is 3. The first-order valence-electron chi connectivity index (χ1n) is 11.1. The summed E-state index contributed by atoms with van der Waals surface area (Å²) < 4.78 is 44.2. The molecule has 0 heterocycles. The number of alkyl halides is 3. The number of nitrogens with one attached hydrogen (secondary N) is 3. The van der Waals surface area contributed by atoms with Gasteiger partial charge in [-0.25, -0.2) is 5.43 Å². The second-order valence-electron chi connectivity index (χ2n) is 8.11. The molecule has 0 radical (unpaired) electrons. The fourth-order valence-electron chi connectivity index (χ4n) is 3.54. The van der Waals surface area contributed by atoms with Crippen LogP contribution < -0.4 is 20.8 Å². The highest BCUT2D eigenvalue weighted by Crippen LogP contribution is 2.36. The Labute approximate surface area is 210 Å². The van der Waals surface area contributed by atoms with Gasteiger partial charge in [-0.1, -0.05) is 30.9 Å². The summed E-state index contributed by atoms with van der Waals surface area (Å²) in [5.74, 6) is -2.10. The first kappa shape index (κ1) is 27.0. The maximum Gasteiger partial charge on any atom is 0.417 e. The number of hydrazone groups is 1. The molecule has 3 rings (SSSR count). The van der Waals surface area contributed by atoms with Gasteiger partial charge in [0.05, 0.1) is 16.8 Å². The number of hydrogen-bond acceptors (Lipinski definition) is 5. The lowest BCUT2D eigenvalue weighted by molar-refractivity contribution is -0.137. The van der Waals surface area contributed by atoms with Gasteiger partial charge in [0.15, 0.2) is 6.61 Å². The Morgan fingerprint density at radius 3 is 2.39 bits per heavy atom. The highest BCUT2D eigenvalue weighted by molar-refractivity contribution is 6.39. The second kappa shape index (κ2) is 12.4. The molecule has 3 amide bonds. The molecule has 1 fully saturated rings. The minimum atomic E-state index is -4.72.